The smallest absolute Gasteiger partial charge is 0.326 e. The van der Waals surface area contributed by atoms with Crippen LogP contribution in [-0.2, 0) is 49.6 Å². The van der Waals surface area contributed by atoms with Gasteiger partial charge in [0.05, 0.1) is 25.1 Å². The maximum Gasteiger partial charge on any atom is 0.326 e. The number of nitrogens with one attached hydrogen (secondary N) is 7. The van der Waals surface area contributed by atoms with Crippen molar-refractivity contribution in [3.05, 3.63) is 18.2 Å². The van der Waals surface area contributed by atoms with E-state index in [-0.39, 0.29) is 19.3 Å². The average Bonchev–Trinajstić information content (AvgIpc) is 3.57. The summed E-state index contributed by atoms with van der Waals surface area (Å²) in [7, 11) is 0. The highest BCUT2D eigenvalue weighted by Gasteiger charge is 2.34. The number of aromatic nitrogens is 2. The van der Waals surface area contributed by atoms with Crippen molar-refractivity contribution in [2.24, 2.45) is 17.2 Å². The van der Waals surface area contributed by atoms with Crippen molar-refractivity contribution < 1.29 is 58.5 Å². The number of hydrogen-bond acceptors (Lipinski definition) is 13. The van der Waals surface area contributed by atoms with Crippen molar-refractivity contribution >= 4 is 53.2 Å². The van der Waals surface area contributed by atoms with E-state index in [0.717, 1.165) is 6.92 Å². The number of carbonyl (C=O) groups is 9. The number of primary amides is 2. The number of aromatic amines is 1. The Labute approximate surface area is 297 Å². The maximum atomic E-state index is 13.5. The zero-order valence-corrected chi connectivity index (χ0v) is 28.7. The topological polar surface area (TPSA) is 393 Å². The summed E-state index contributed by atoms with van der Waals surface area (Å²) in [5, 5.41) is 42.8. The molecule has 0 saturated heterocycles. The summed E-state index contributed by atoms with van der Waals surface area (Å²) in [5.41, 5.74) is 16.1. The second kappa shape index (κ2) is 21.5. The number of amides is 8. The largest absolute Gasteiger partial charge is 0.480 e. The molecule has 23 heteroatoms. The molecule has 16 N–H and O–H groups in total. The number of aliphatic carboxylic acids is 1. The number of carboxylic acid groups (broad SMARTS) is 1. The lowest BCUT2D eigenvalue weighted by Gasteiger charge is -2.27. The van der Waals surface area contributed by atoms with Gasteiger partial charge in [-0.25, -0.2) is 9.78 Å². The molecule has 0 saturated carbocycles. The van der Waals surface area contributed by atoms with Crippen LogP contribution < -0.4 is 49.1 Å². The minimum absolute atomic E-state index is 0.261. The van der Waals surface area contributed by atoms with Gasteiger partial charge >= 0.3 is 5.97 Å². The lowest BCUT2D eigenvalue weighted by molar-refractivity contribution is -0.142. The Bertz CT molecular complexity index is 1440. The number of aliphatic hydroxyl groups is 2. The highest BCUT2D eigenvalue weighted by molar-refractivity contribution is 5.97. The summed E-state index contributed by atoms with van der Waals surface area (Å²) in [4.78, 5) is 118. The molecule has 0 unspecified atom stereocenters. The van der Waals surface area contributed by atoms with Crippen molar-refractivity contribution in [2.75, 3.05) is 6.54 Å². The second-order valence-electron chi connectivity index (χ2n) is 11.8. The van der Waals surface area contributed by atoms with Crippen LogP contribution in [0.2, 0.25) is 0 Å². The van der Waals surface area contributed by atoms with Gasteiger partial charge in [-0.2, -0.15) is 0 Å². The molecule has 290 valence electrons. The highest BCUT2D eigenvalue weighted by atomic mass is 16.4. The Morgan fingerprint density at radius 2 is 1.27 bits per heavy atom. The van der Waals surface area contributed by atoms with Crippen LogP contribution >= 0.6 is 0 Å². The van der Waals surface area contributed by atoms with E-state index in [0.29, 0.717) is 5.69 Å². The fourth-order valence-corrected chi connectivity index (χ4v) is 4.28. The van der Waals surface area contributed by atoms with E-state index in [9.17, 15) is 58.5 Å². The van der Waals surface area contributed by atoms with E-state index >= 15 is 0 Å². The first kappa shape index (κ1) is 44.3. The monoisotopic (exact) mass is 741 g/mol. The van der Waals surface area contributed by atoms with Crippen molar-refractivity contribution in [1.29, 1.82) is 0 Å². The van der Waals surface area contributed by atoms with Gasteiger partial charge in [-0.15, -0.1) is 0 Å². The van der Waals surface area contributed by atoms with Gasteiger partial charge in [-0.05, 0) is 33.6 Å². The third-order valence-electron chi connectivity index (χ3n) is 7.30. The molecule has 0 radical (unpaired) electrons. The number of H-pyrrole nitrogens is 1. The van der Waals surface area contributed by atoms with Crippen LogP contribution in [0.15, 0.2) is 12.5 Å². The minimum Gasteiger partial charge on any atom is -0.480 e. The highest BCUT2D eigenvalue weighted by Crippen LogP contribution is 2.06. The third kappa shape index (κ3) is 15.9. The molecule has 1 aromatic rings. The van der Waals surface area contributed by atoms with Gasteiger partial charge in [0.2, 0.25) is 47.3 Å². The molecule has 1 rings (SSSR count). The van der Waals surface area contributed by atoms with Crippen LogP contribution in [0, 0.1) is 0 Å². The first-order chi connectivity index (χ1) is 24.2. The van der Waals surface area contributed by atoms with Crippen LogP contribution in [0.5, 0.6) is 0 Å². The number of nitrogens with two attached hydrogens (primary N) is 3. The third-order valence-corrected chi connectivity index (χ3v) is 7.30. The summed E-state index contributed by atoms with van der Waals surface area (Å²) in [6.45, 7) is 3.02. The number of carboxylic acids is 1. The van der Waals surface area contributed by atoms with Gasteiger partial charge in [0.1, 0.15) is 36.3 Å². The van der Waals surface area contributed by atoms with E-state index in [1.165, 1.54) is 26.4 Å². The Hall–Kier alpha value is -5.68. The molecule has 52 heavy (non-hydrogen) atoms. The normalized spacial score (nSPS) is 15.5. The minimum atomic E-state index is -1.73. The number of rotatable bonds is 23. The van der Waals surface area contributed by atoms with Crippen LogP contribution in [0.4, 0.5) is 0 Å². The maximum absolute atomic E-state index is 13.5. The van der Waals surface area contributed by atoms with Gasteiger partial charge in [0.15, 0.2) is 0 Å². The van der Waals surface area contributed by atoms with Crippen molar-refractivity contribution in [2.45, 2.75) is 101 Å². The number of hydrogen-bond donors (Lipinski definition) is 13. The standard InChI is InChI=1S/C29H47N11O12/c1-12(36-21(45)10-34-27(49)22(32)13(2)41)24(46)40-23(14(3)42)28(50)37-16(4-6-19(30)43)25(47)39-18(8-15-9-33-11-35-15)26(48)38-17(29(51)52)5-7-20(31)44/h9,11-14,16-18,22-23,41-42H,4-8,10,32H2,1-3H3,(H2,30,43)(H2,31,44)(H,33,35)(H,34,49)(H,36,45)(H,37,50)(H,38,48)(H,39,47)(H,40,46)(H,51,52)/t12-,13+,14+,16-,17-,18-,22-,23-/m0/s1. The zero-order chi connectivity index (χ0) is 39.7. The summed E-state index contributed by atoms with van der Waals surface area (Å²) >= 11 is 0. The second-order valence-corrected chi connectivity index (χ2v) is 11.8. The van der Waals surface area contributed by atoms with E-state index < -0.39 is 121 Å². The van der Waals surface area contributed by atoms with Gasteiger partial charge in [0.25, 0.3) is 0 Å². The summed E-state index contributed by atoms with van der Waals surface area (Å²) in [5.74, 6) is -9.00. The van der Waals surface area contributed by atoms with Crippen molar-refractivity contribution in [3.63, 3.8) is 0 Å². The SMILES string of the molecule is C[C@H](NC(=O)CNC(=O)[C@@H](N)[C@@H](C)O)C(=O)N[C@H](C(=O)N[C@@H](CCC(N)=O)C(=O)N[C@@H](Cc1cnc[nH]1)C(=O)N[C@@H](CCC(N)=O)C(=O)O)[C@@H](C)O. The summed E-state index contributed by atoms with van der Waals surface area (Å²) in [6, 6.07) is -9.03. The molecular formula is C29H47N11O12. The van der Waals surface area contributed by atoms with Gasteiger partial charge in [-0.1, -0.05) is 0 Å². The van der Waals surface area contributed by atoms with Crippen LogP contribution in [0.3, 0.4) is 0 Å². The predicted molar refractivity (Wildman–Crippen MR) is 176 cm³/mol. The zero-order valence-electron chi connectivity index (χ0n) is 28.7. The van der Waals surface area contributed by atoms with Crippen molar-refractivity contribution in [1.82, 2.24) is 41.9 Å². The molecule has 23 nitrogen and oxygen atoms in total. The fraction of sp³-hybridized carbons (Fsp3) is 0.586. The number of aliphatic hydroxyl groups excluding tert-OH is 2. The van der Waals surface area contributed by atoms with Gasteiger partial charge in [-0.3, -0.25) is 38.4 Å². The molecule has 8 amide bonds. The molecule has 0 spiro atoms. The molecule has 1 heterocycles. The first-order valence-electron chi connectivity index (χ1n) is 15.9. The van der Waals surface area contributed by atoms with E-state index in [4.69, 9.17) is 17.2 Å². The molecule has 8 atom stereocenters. The molecule has 0 aliphatic carbocycles. The Balaban J connectivity index is 3.12. The first-order valence-corrected chi connectivity index (χ1v) is 15.9. The number of nitrogens with zero attached hydrogens (tertiary/aromatic N) is 1. The van der Waals surface area contributed by atoms with Crippen LogP contribution in [0.1, 0.15) is 52.1 Å². The van der Waals surface area contributed by atoms with Gasteiger partial charge in [0, 0.05) is 31.2 Å². The molecule has 0 bridgehead atoms. The van der Waals surface area contributed by atoms with Crippen molar-refractivity contribution in [3.8, 4) is 0 Å². The van der Waals surface area contributed by atoms with E-state index in [1.807, 2.05) is 0 Å². The Kier molecular flexibility index (Phi) is 18.3. The summed E-state index contributed by atoms with van der Waals surface area (Å²) < 4.78 is 0. The number of imidazole rings is 1. The van der Waals surface area contributed by atoms with E-state index in [1.54, 1.807) is 0 Å². The molecule has 0 aliphatic rings. The van der Waals surface area contributed by atoms with Gasteiger partial charge < -0.3 is 69.4 Å². The van der Waals surface area contributed by atoms with Crippen LogP contribution in [-0.4, -0.2) is 134 Å². The summed E-state index contributed by atoms with van der Waals surface area (Å²) in [6.07, 6.45) is -2.04. The lowest BCUT2D eigenvalue weighted by Crippen LogP contribution is -2.61. The van der Waals surface area contributed by atoms with E-state index in [2.05, 4.69) is 41.9 Å². The molecule has 1 aromatic heterocycles. The number of carbonyl (C=O) groups excluding carboxylic acids is 8. The Morgan fingerprint density at radius 1 is 0.731 bits per heavy atom. The molecule has 0 aliphatic heterocycles. The van der Waals surface area contributed by atoms with Crippen LogP contribution in [0.25, 0.3) is 0 Å². The lowest BCUT2D eigenvalue weighted by atomic mass is 10.0. The quantitative estimate of drug-likeness (QED) is 0.0496. The Morgan fingerprint density at radius 3 is 1.77 bits per heavy atom. The molecular weight excluding hydrogens is 694 g/mol. The fourth-order valence-electron chi connectivity index (χ4n) is 4.28. The molecule has 0 aromatic carbocycles. The average molecular weight is 742 g/mol. The molecule has 0 fully saturated rings. The predicted octanol–water partition coefficient (Wildman–Crippen LogP) is -6.78.